The van der Waals surface area contributed by atoms with Crippen LogP contribution in [0.3, 0.4) is 0 Å². The second-order valence-electron chi connectivity index (χ2n) is 12.0. The van der Waals surface area contributed by atoms with Crippen LogP contribution in [0.2, 0.25) is 0 Å². The number of primary amides is 1. The summed E-state index contributed by atoms with van der Waals surface area (Å²) in [5, 5.41) is 3.54. The van der Waals surface area contributed by atoms with E-state index in [4.69, 9.17) is 10.5 Å². The molecular weight excluding hydrogens is 576 g/mol. The van der Waals surface area contributed by atoms with Crippen LogP contribution in [0.1, 0.15) is 37.6 Å². The standard InChI is InChI=1S/C29H39BrN6O4/c1-18-13-35(22(12-32-18)14-34-8-9-40-24(15-34)27(31)38)16-25(37)36-17-29(2,3)26-23(36)11-20(28(39)33-26)10-19-4-6-21(30)7-5-19/h4-7,11,18,22,24,32H,8-10,12-17H2,1-3H3,(H2,31,38)(H,33,39)/t18-,22-,24?/m1/s1. The smallest absolute Gasteiger partial charge is 0.251 e. The molecule has 40 heavy (non-hydrogen) atoms. The van der Waals surface area contributed by atoms with Gasteiger partial charge in [0.2, 0.25) is 11.8 Å². The normalized spacial score (nSPS) is 25.1. The minimum absolute atomic E-state index is 0.0181. The molecule has 11 heteroatoms. The van der Waals surface area contributed by atoms with Crippen LogP contribution in [0.5, 0.6) is 0 Å². The fourth-order valence-corrected chi connectivity index (χ4v) is 6.29. The second kappa shape index (κ2) is 11.7. The van der Waals surface area contributed by atoms with E-state index in [-0.39, 0.29) is 35.5 Å². The molecule has 5 rings (SSSR count). The van der Waals surface area contributed by atoms with E-state index in [1.165, 1.54) is 0 Å². The predicted octanol–water partition coefficient (Wildman–Crippen LogP) is 1.20. The number of nitrogens with one attached hydrogen (secondary N) is 2. The molecule has 3 aliphatic heterocycles. The Morgan fingerprint density at radius 2 is 1.95 bits per heavy atom. The number of fused-ring (bicyclic) bond motifs is 1. The average Bonchev–Trinajstić information content (AvgIpc) is 3.17. The number of carbonyl (C=O) groups excluding carboxylic acids is 2. The average molecular weight is 616 g/mol. The fourth-order valence-electron chi connectivity index (χ4n) is 6.03. The number of hydrogen-bond donors (Lipinski definition) is 3. The van der Waals surface area contributed by atoms with Gasteiger partial charge >= 0.3 is 0 Å². The summed E-state index contributed by atoms with van der Waals surface area (Å²) >= 11 is 3.46. The van der Waals surface area contributed by atoms with Gasteiger partial charge in [-0.3, -0.25) is 24.2 Å². The number of aromatic nitrogens is 1. The molecule has 0 spiro atoms. The van der Waals surface area contributed by atoms with Crippen molar-refractivity contribution in [3.05, 3.63) is 62.0 Å². The summed E-state index contributed by atoms with van der Waals surface area (Å²) in [4.78, 5) is 48.0. The Morgan fingerprint density at radius 3 is 2.67 bits per heavy atom. The van der Waals surface area contributed by atoms with Crippen LogP contribution in [-0.2, 0) is 26.2 Å². The monoisotopic (exact) mass is 614 g/mol. The number of nitrogens with two attached hydrogens (primary N) is 1. The summed E-state index contributed by atoms with van der Waals surface area (Å²) in [7, 11) is 0. The molecule has 1 aromatic heterocycles. The molecule has 3 atom stereocenters. The second-order valence-corrected chi connectivity index (χ2v) is 12.9. The van der Waals surface area contributed by atoms with E-state index in [1.807, 2.05) is 35.2 Å². The number of aromatic amines is 1. The quantitative estimate of drug-likeness (QED) is 0.428. The topological polar surface area (TPSA) is 124 Å². The van der Waals surface area contributed by atoms with Crippen molar-refractivity contribution in [1.82, 2.24) is 20.1 Å². The Labute approximate surface area is 243 Å². The van der Waals surface area contributed by atoms with E-state index in [1.54, 1.807) is 0 Å². The number of morpholine rings is 1. The number of pyridine rings is 1. The lowest BCUT2D eigenvalue weighted by Crippen LogP contribution is -2.62. The van der Waals surface area contributed by atoms with Crippen molar-refractivity contribution in [2.75, 3.05) is 57.3 Å². The van der Waals surface area contributed by atoms with E-state index in [9.17, 15) is 14.4 Å². The van der Waals surface area contributed by atoms with Gasteiger partial charge in [-0.25, -0.2) is 0 Å². The lowest BCUT2D eigenvalue weighted by Gasteiger charge is -2.43. The molecule has 2 fully saturated rings. The molecule has 0 radical (unpaired) electrons. The summed E-state index contributed by atoms with van der Waals surface area (Å²) in [6.07, 6.45) is -0.113. The van der Waals surface area contributed by atoms with Gasteiger partial charge in [-0.15, -0.1) is 0 Å². The third-order valence-corrected chi connectivity index (χ3v) is 8.76. The number of nitrogens with zero attached hydrogens (tertiary/aromatic N) is 3. The van der Waals surface area contributed by atoms with Crippen molar-refractivity contribution >= 4 is 33.4 Å². The lowest BCUT2D eigenvalue weighted by atomic mass is 9.91. The highest BCUT2D eigenvalue weighted by atomic mass is 79.9. The highest BCUT2D eigenvalue weighted by Gasteiger charge is 2.41. The van der Waals surface area contributed by atoms with Crippen molar-refractivity contribution in [3.8, 4) is 0 Å². The summed E-state index contributed by atoms with van der Waals surface area (Å²) in [5.74, 6) is -0.426. The van der Waals surface area contributed by atoms with Crippen LogP contribution < -0.4 is 21.5 Å². The van der Waals surface area contributed by atoms with Crippen LogP contribution in [0.25, 0.3) is 0 Å². The number of rotatable bonds is 7. The Balaban J connectivity index is 1.34. The number of H-pyrrole nitrogens is 1. The van der Waals surface area contributed by atoms with Crippen molar-refractivity contribution in [1.29, 1.82) is 0 Å². The number of halogens is 1. The SMILES string of the molecule is C[C@@H]1CN(CC(=O)N2CC(C)(C)c3[nH]c(=O)c(Cc4ccc(Br)cc4)cc32)[C@@H](CN2CCOC(C(N)=O)C2)CN1. The third-order valence-electron chi connectivity index (χ3n) is 8.23. The molecule has 1 unspecified atom stereocenters. The molecule has 2 amide bonds. The van der Waals surface area contributed by atoms with Gasteiger partial charge in [-0.2, -0.15) is 0 Å². The minimum atomic E-state index is -0.601. The van der Waals surface area contributed by atoms with Crippen molar-refractivity contribution < 1.29 is 14.3 Å². The maximum atomic E-state index is 13.9. The van der Waals surface area contributed by atoms with Crippen molar-refractivity contribution in [3.63, 3.8) is 0 Å². The van der Waals surface area contributed by atoms with Gasteiger partial charge in [0.05, 0.1) is 18.8 Å². The number of benzene rings is 1. The summed E-state index contributed by atoms with van der Waals surface area (Å²) in [5.41, 5.74) is 8.28. The van der Waals surface area contributed by atoms with Gasteiger partial charge in [0.25, 0.3) is 5.56 Å². The first-order valence-electron chi connectivity index (χ1n) is 13.9. The molecule has 0 aliphatic carbocycles. The zero-order valence-corrected chi connectivity index (χ0v) is 25.0. The summed E-state index contributed by atoms with van der Waals surface area (Å²) < 4.78 is 6.50. The van der Waals surface area contributed by atoms with Crippen LogP contribution in [0.15, 0.2) is 39.6 Å². The van der Waals surface area contributed by atoms with E-state index < -0.39 is 12.0 Å². The van der Waals surface area contributed by atoms with Gasteiger partial charge in [0.15, 0.2) is 0 Å². The number of piperazine rings is 1. The first kappa shape index (κ1) is 28.9. The van der Waals surface area contributed by atoms with E-state index in [0.717, 1.165) is 41.1 Å². The Hall–Kier alpha value is -2.57. The van der Waals surface area contributed by atoms with Gasteiger partial charge in [0, 0.05) is 78.9 Å². The van der Waals surface area contributed by atoms with Crippen molar-refractivity contribution in [2.45, 2.75) is 50.8 Å². The molecule has 4 N–H and O–H groups in total. The molecule has 4 heterocycles. The largest absolute Gasteiger partial charge is 0.367 e. The van der Waals surface area contributed by atoms with E-state index >= 15 is 0 Å². The minimum Gasteiger partial charge on any atom is -0.367 e. The van der Waals surface area contributed by atoms with Gasteiger partial charge in [-0.1, -0.05) is 41.9 Å². The Bertz CT molecular complexity index is 1310. The van der Waals surface area contributed by atoms with E-state index in [2.05, 4.69) is 56.8 Å². The van der Waals surface area contributed by atoms with Crippen LogP contribution in [-0.4, -0.2) is 97.2 Å². The Kier molecular flexibility index (Phi) is 8.49. The molecule has 10 nitrogen and oxygen atoms in total. The zero-order valence-electron chi connectivity index (χ0n) is 23.4. The number of hydrogen-bond acceptors (Lipinski definition) is 7. The fraction of sp³-hybridized carbons (Fsp3) is 0.552. The summed E-state index contributed by atoms with van der Waals surface area (Å²) in [6, 6.07) is 10.2. The number of anilines is 1. The van der Waals surface area contributed by atoms with Crippen LogP contribution in [0, 0.1) is 0 Å². The summed E-state index contributed by atoms with van der Waals surface area (Å²) in [6.45, 7) is 10.9. The number of carbonyl (C=O) groups is 2. The number of amides is 2. The maximum Gasteiger partial charge on any atom is 0.251 e. The van der Waals surface area contributed by atoms with Gasteiger partial charge in [-0.05, 0) is 30.7 Å². The van der Waals surface area contributed by atoms with Gasteiger partial charge in [0.1, 0.15) is 6.10 Å². The third kappa shape index (κ3) is 6.33. The van der Waals surface area contributed by atoms with Crippen LogP contribution in [0.4, 0.5) is 5.69 Å². The number of ether oxygens (including phenoxy) is 1. The molecule has 2 saturated heterocycles. The molecule has 3 aliphatic rings. The molecule has 216 valence electrons. The highest BCUT2D eigenvalue weighted by molar-refractivity contribution is 9.10. The molecule has 2 aromatic rings. The lowest BCUT2D eigenvalue weighted by molar-refractivity contribution is -0.135. The van der Waals surface area contributed by atoms with Gasteiger partial charge < -0.3 is 25.7 Å². The van der Waals surface area contributed by atoms with Crippen LogP contribution >= 0.6 is 15.9 Å². The molecular formula is C29H39BrN6O4. The van der Waals surface area contributed by atoms with Crippen molar-refractivity contribution in [2.24, 2.45) is 5.73 Å². The maximum absolute atomic E-state index is 13.9. The zero-order chi connectivity index (χ0) is 28.6. The highest BCUT2D eigenvalue weighted by Crippen LogP contribution is 2.39. The first-order valence-corrected chi connectivity index (χ1v) is 14.7. The Morgan fingerprint density at radius 1 is 1.20 bits per heavy atom. The molecule has 1 aromatic carbocycles. The predicted molar refractivity (Wildman–Crippen MR) is 158 cm³/mol. The van der Waals surface area contributed by atoms with E-state index in [0.29, 0.717) is 38.2 Å². The molecule has 0 bridgehead atoms. The first-order chi connectivity index (χ1) is 19.0. The molecule has 0 saturated carbocycles.